The summed E-state index contributed by atoms with van der Waals surface area (Å²) in [6.45, 7) is 2.62. The predicted molar refractivity (Wildman–Crippen MR) is 117 cm³/mol. The number of nitrogens with zero attached hydrogens (tertiary/aromatic N) is 2. The van der Waals surface area contributed by atoms with Crippen LogP contribution in [0.3, 0.4) is 0 Å². The maximum Gasteiger partial charge on any atom is 0.343 e. The molecule has 9 nitrogen and oxygen atoms in total. The fourth-order valence-electron chi connectivity index (χ4n) is 6.09. The van der Waals surface area contributed by atoms with Gasteiger partial charge in [-0.1, -0.05) is 24.4 Å². The number of piperidine rings is 3. The number of carbonyl (C=O) groups is 2. The van der Waals surface area contributed by atoms with Crippen LogP contribution in [-0.4, -0.2) is 58.9 Å². The Balaban J connectivity index is 1.29. The molecular formula is C24H32N3O6+. The second-order valence-electron chi connectivity index (χ2n) is 9.96. The minimum atomic E-state index is -1.70. The highest BCUT2D eigenvalue weighted by atomic mass is 16.6. The standard InChI is InChI=1S/C24H31N3O6/c28-22(25-21-9-13-32-26-21)15-27-10-6-17(7-11-27)20(14-27)33-23(29)24(30,19-8-12-31-16-19)18-4-2-1-3-5-18/h8-9,12-13,16-18,20,30H,1-7,10-11,14-15H2/p+1/t17?,20-,24?,27?/m0/s1. The number of hydrogen-bond donors (Lipinski definition) is 2. The molecule has 1 amide bonds. The van der Waals surface area contributed by atoms with Gasteiger partial charge in [-0.25, -0.2) is 4.79 Å². The van der Waals surface area contributed by atoms with Crippen molar-refractivity contribution < 1.29 is 32.9 Å². The number of anilines is 1. The van der Waals surface area contributed by atoms with Crippen molar-refractivity contribution in [1.29, 1.82) is 0 Å². The number of carbonyl (C=O) groups excluding carboxylic acids is 2. The topological polar surface area (TPSA) is 115 Å². The van der Waals surface area contributed by atoms with E-state index in [9.17, 15) is 14.7 Å². The lowest BCUT2D eigenvalue weighted by Crippen LogP contribution is -2.66. The van der Waals surface area contributed by atoms with Gasteiger partial charge in [0, 0.05) is 36.3 Å². The zero-order chi connectivity index (χ0) is 22.9. The summed E-state index contributed by atoms with van der Waals surface area (Å²) in [4.78, 5) is 26.2. The highest BCUT2D eigenvalue weighted by Gasteiger charge is 2.53. The molecule has 4 aliphatic rings. The quantitative estimate of drug-likeness (QED) is 0.484. The van der Waals surface area contributed by atoms with Gasteiger partial charge < -0.3 is 28.6 Å². The molecule has 6 rings (SSSR count). The van der Waals surface area contributed by atoms with Gasteiger partial charge in [-0.05, 0) is 18.9 Å². The predicted octanol–water partition coefficient (Wildman–Crippen LogP) is 2.83. The summed E-state index contributed by atoms with van der Waals surface area (Å²) in [5.41, 5.74) is -1.23. The lowest BCUT2D eigenvalue weighted by atomic mass is 9.74. The molecule has 0 aromatic carbocycles. The Hall–Kier alpha value is -2.65. The third-order valence-electron chi connectivity index (χ3n) is 7.95. The number of hydrogen-bond acceptors (Lipinski definition) is 7. The first-order valence-corrected chi connectivity index (χ1v) is 12.0. The van der Waals surface area contributed by atoms with Crippen molar-refractivity contribution in [3.05, 3.63) is 36.5 Å². The second-order valence-corrected chi connectivity index (χ2v) is 9.96. The molecule has 1 aliphatic carbocycles. The summed E-state index contributed by atoms with van der Waals surface area (Å²) in [5, 5.41) is 18.2. The zero-order valence-electron chi connectivity index (χ0n) is 18.8. The third kappa shape index (κ3) is 4.31. The summed E-state index contributed by atoms with van der Waals surface area (Å²) in [6.07, 6.45) is 10.5. The number of quaternary nitrogens is 1. The van der Waals surface area contributed by atoms with Gasteiger partial charge in [0.1, 0.15) is 12.8 Å². The van der Waals surface area contributed by atoms with Crippen molar-refractivity contribution >= 4 is 17.7 Å². The molecule has 2 aromatic rings. The van der Waals surface area contributed by atoms with E-state index >= 15 is 0 Å². The second kappa shape index (κ2) is 8.95. The molecule has 2 aromatic heterocycles. The largest absolute Gasteiger partial charge is 0.472 e. The van der Waals surface area contributed by atoms with Crippen molar-refractivity contribution in [1.82, 2.24) is 5.16 Å². The Kier molecular flexibility index (Phi) is 6.01. The molecule has 0 spiro atoms. The molecule has 5 heterocycles. The molecule has 3 saturated heterocycles. The van der Waals surface area contributed by atoms with Crippen LogP contribution < -0.4 is 5.32 Å². The Morgan fingerprint density at radius 3 is 2.61 bits per heavy atom. The fourth-order valence-corrected chi connectivity index (χ4v) is 6.09. The lowest BCUT2D eigenvalue weighted by molar-refractivity contribution is -0.939. The maximum atomic E-state index is 13.5. The Morgan fingerprint density at radius 1 is 1.15 bits per heavy atom. The Labute approximate surface area is 192 Å². The van der Waals surface area contributed by atoms with Crippen LogP contribution in [0.15, 0.2) is 39.9 Å². The molecule has 1 unspecified atom stereocenters. The number of furan rings is 1. The van der Waals surface area contributed by atoms with E-state index < -0.39 is 11.6 Å². The molecule has 2 bridgehead atoms. The van der Waals surface area contributed by atoms with Crippen LogP contribution >= 0.6 is 0 Å². The first-order chi connectivity index (χ1) is 16.0. The van der Waals surface area contributed by atoms with E-state index in [1.807, 2.05) is 0 Å². The zero-order valence-corrected chi connectivity index (χ0v) is 18.8. The normalized spacial score (nSPS) is 29.4. The van der Waals surface area contributed by atoms with Crippen LogP contribution in [0.5, 0.6) is 0 Å². The number of aromatic nitrogens is 1. The van der Waals surface area contributed by atoms with Crippen LogP contribution in [0.25, 0.3) is 0 Å². The molecule has 178 valence electrons. The molecule has 4 fully saturated rings. The minimum Gasteiger partial charge on any atom is -0.472 e. The number of fused-ring (bicyclic) bond motifs is 3. The van der Waals surface area contributed by atoms with Crippen molar-refractivity contribution in [2.24, 2.45) is 11.8 Å². The van der Waals surface area contributed by atoms with Crippen molar-refractivity contribution in [2.45, 2.75) is 56.7 Å². The molecule has 9 heteroatoms. The SMILES string of the molecule is O=C(C[N+]12CCC(CC1)[C@@H](OC(=O)C(O)(c1ccoc1)C1CCCCC1)C2)Nc1ccon1. The van der Waals surface area contributed by atoms with Gasteiger partial charge in [-0.2, -0.15) is 0 Å². The van der Waals surface area contributed by atoms with Crippen molar-refractivity contribution in [3.63, 3.8) is 0 Å². The van der Waals surface area contributed by atoms with Crippen LogP contribution in [0, 0.1) is 11.8 Å². The van der Waals surface area contributed by atoms with E-state index in [0.29, 0.717) is 29.0 Å². The molecule has 2 N–H and O–H groups in total. The van der Waals surface area contributed by atoms with E-state index in [2.05, 4.69) is 10.5 Å². The van der Waals surface area contributed by atoms with E-state index in [-0.39, 0.29) is 23.8 Å². The molecule has 2 atom stereocenters. The first-order valence-electron chi connectivity index (χ1n) is 12.0. The van der Waals surface area contributed by atoms with Gasteiger partial charge >= 0.3 is 5.97 Å². The highest BCUT2D eigenvalue weighted by Crippen LogP contribution is 2.42. The summed E-state index contributed by atoms with van der Waals surface area (Å²) < 4.78 is 16.6. The molecular weight excluding hydrogens is 426 g/mol. The van der Waals surface area contributed by atoms with E-state index in [4.69, 9.17) is 13.7 Å². The summed E-state index contributed by atoms with van der Waals surface area (Å²) in [7, 11) is 0. The summed E-state index contributed by atoms with van der Waals surface area (Å²) >= 11 is 0. The molecule has 3 aliphatic heterocycles. The van der Waals surface area contributed by atoms with Crippen molar-refractivity contribution in [2.75, 3.05) is 31.5 Å². The van der Waals surface area contributed by atoms with Gasteiger partial charge in [-0.3, -0.25) is 4.79 Å². The van der Waals surface area contributed by atoms with Crippen LogP contribution in [0.1, 0.15) is 50.5 Å². The Bertz CT molecular complexity index is 945. The first kappa shape index (κ1) is 22.2. The number of nitrogens with one attached hydrogen (secondary N) is 1. The Morgan fingerprint density at radius 2 is 1.94 bits per heavy atom. The number of rotatable bonds is 7. The molecule has 33 heavy (non-hydrogen) atoms. The van der Waals surface area contributed by atoms with Gasteiger partial charge in [0.25, 0.3) is 5.91 Å². The van der Waals surface area contributed by atoms with Gasteiger partial charge in [0.15, 0.2) is 24.1 Å². The summed E-state index contributed by atoms with van der Waals surface area (Å²) in [6, 6.07) is 3.27. The molecule has 1 saturated carbocycles. The monoisotopic (exact) mass is 458 g/mol. The van der Waals surface area contributed by atoms with Crippen molar-refractivity contribution in [3.8, 4) is 0 Å². The molecule has 0 radical (unpaired) electrons. The number of aliphatic hydroxyl groups is 1. The van der Waals surface area contributed by atoms with Crippen LogP contribution in [0.4, 0.5) is 5.82 Å². The number of esters is 1. The van der Waals surface area contributed by atoms with E-state index in [0.717, 1.165) is 58.0 Å². The fraction of sp³-hybridized carbons (Fsp3) is 0.625. The van der Waals surface area contributed by atoms with E-state index in [1.165, 1.54) is 18.8 Å². The van der Waals surface area contributed by atoms with Crippen LogP contribution in [0.2, 0.25) is 0 Å². The average molecular weight is 459 g/mol. The lowest BCUT2D eigenvalue weighted by Gasteiger charge is -2.52. The van der Waals surface area contributed by atoms with Gasteiger partial charge in [0.05, 0.1) is 25.6 Å². The smallest absolute Gasteiger partial charge is 0.343 e. The van der Waals surface area contributed by atoms with E-state index in [1.54, 1.807) is 12.1 Å². The summed E-state index contributed by atoms with van der Waals surface area (Å²) in [5.74, 6) is -0.252. The van der Waals surface area contributed by atoms with Gasteiger partial charge in [-0.15, -0.1) is 0 Å². The number of ether oxygens (including phenoxy) is 1. The van der Waals surface area contributed by atoms with Crippen LogP contribution in [-0.2, 0) is 19.9 Å². The maximum absolute atomic E-state index is 13.5. The number of amides is 1. The highest BCUT2D eigenvalue weighted by molar-refractivity contribution is 5.90. The van der Waals surface area contributed by atoms with Gasteiger partial charge in [0.2, 0.25) is 0 Å². The third-order valence-corrected chi connectivity index (χ3v) is 7.95. The minimum absolute atomic E-state index is 0.133. The average Bonchev–Trinajstić information content (AvgIpc) is 3.54.